The van der Waals surface area contributed by atoms with E-state index in [0.717, 1.165) is 17.9 Å². The first kappa shape index (κ1) is 13.9. The zero-order valence-electron chi connectivity index (χ0n) is 11.1. The maximum atomic E-state index is 9.51. The van der Waals surface area contributed by atoms with E-state index in [4.69, 9.17) is 4.74 Å². The minimum atomic E-state index is -0.461. The van der Waals surface area contributed by atoms with E-state index < -0.39 is 6.10 Å². The Morgan fingerprint density at radius 3 is 2.71 bits per heavy atom. The lowest BCUT2D eigenvalue weighted by Crippen LogP contribution is -2.24. The molecule has 0 spiro atoms. The van der Waals surface area contributed by atoms with Crippen molar-refractivity contribution in [3.05, 3.63) is 23.9 Å². The molecule has 0 aliphatic heterocycles. The molecule has 0 fully saturated rings. The van der Waals surface area contributed by atoms with Crippen molar-refractivity contribution in [3.63, 3.8) is 0 Å². The van der Waals surface area contributed by atoms with Crippen molar-refractivity contribution in [1.29, 1.82) is 0 Å². The molecule has 0 radical (unpaired) electrons. The Morgan fingerprint density at radius 1 is 1.41 bits per heavy atom. The molecule has 1 aromatic rings. The fraction of sp³-hybridized carbons (Fsp3) is 0.615. The SMILES string of the molecule is CC(C)OCCN(C)c1cc([C@H](C)O)ccn1. The molecule has 0 saturated carbocycles. The lowest BCUT2D eigenvalue weighted by atomic mass is 10.2. The van der Waals surface area contributed by atoms with E-state index >= 15 is 0 Å². The Hall–Kier alpha value is -1.13. The number of hydrogen-bond donors (Lipinski definition) is 1. The third-order valence-electron chi connectivity index (χ3n) is 2.52. The molecule has 1 atom stereocenters. The molecule has 1 aromatic heterocycles. The first-order valence-corrected chi connectivity index (χ1v) is 5.97. The van der Waals surface area contributed by atoms with Crippen molar-refractivity contribution < 1.29 is 9.84 Å². The molecule has 1 rings (SSSR count). The molecule has 0 amide bonds. The van der Waals surface area contributed by atoms with Gasteiger partial charge in [0.25, 0.3) is 0 Å². The van der Waals surface area contributed by atoms with Crippen LogP contribution in [0.15, 0.2) is 18.3 Å². The van der Waals surface area contributed by atoms with E-state index in [1.54, 1.807) is 13.1 Å². The van der Waals surface area contributed by atoms with Gasteiger partial charge in [-0.15, -0.1) is 0 Å². The summed E-state index contributed by atoms with van der Waals surface area (Å²) in [5, 5.41) is 9.51. The molecule has 4 heteroatoms. The summed E-state index contributed by atoms with van der Waals surface area (Å²) in [7, 11) is 1.97. The van der Waals surface area contributed by atoms with E-state index in [0.29, 0.717) is 6.61 Å². The molecule has 4 nitrogen and oxygen atoms in total. The Bertz CT molecular complexity index is 340. The van der Waals surface area contributed by atoms with Crippen LogP contribution < -0.4 is 4.90 Å². The van der Waals surface area contributed by atoms with E-state index in [9.17, 15) is 5.11 Å². The number of aliphatic hydroxyl groups is 1. The Kier molecular flexibility index (Phi) is 5.38. The quantitative estimate of drug-likeness (QED) is 0.823. The Morgan fingerprint density at radius 2 is 2.12 bits per heavy atom. The van der Waals surface area contributed by atoms with Crippen LogP contribution in [-0.2, 0) is 4.74 Å². The molecular formula is C13H22N2O2. The van der Waals surface area contributed by atoms with Crippen molar-refractivity contribution in [2.45, 2.75) is 33.0 Å². The van der Waals surface area contributed by atoms with Gasteiger partial charge in [0.1, 0.15) is 5.82 Å². The van der Waals surface area contributed by atoms with E-state index in [1.807, 2.05) is 37.9 Å². The second-order valence-electron chi connectivity index (χ2n) is 4.46. The highest BCUT2D eigenvalue weighted by atomic mass is 16.5. The second-order valence-corrected chi connectivity index (χ2v) is 4.46. The normalized spacial score (nSPS) is 12.8. The van der Waals surface area contributed by atoms with Crippen LogP contribution in [-0.4, -0.2) is 36.4 Å². The molecular weight excluding hydrogens is 216 g/mol. The number of ether oxygens (including phenoxy) is 1. The minimum Gasteiger partial charge on any atom is -0.389 e. The summed E-state index contributed by atoms with van der Waals surface area (Å²) in [5.74, 6) is 0.857. The van der Waals surface area contributed by atoms with Crippen LogP contribution in [0, 0.1) is 0 Å². The average Bonchev–Trinajstić information content (AvgIpc) is 2.28. The zero-order valence-corrected chi connectivity index (χ0v) is 11.1. The van der Waals surface area contributed by atoms with E-state index in [1.165, 1.54) is 0 Å². The highest BCUT2D eigenvalue weighted by molar-refractivity contribution is 5.40. The zero-order chi connectivity index (χ0) is 12.8. The van der Waals surface area contributed by atoms with Crippen molar-refractivity contribution >= 4 is 5.82 Å². The van der Waals surface area contributed by atoms with Gasteiger partial charge in [-0.1, -0.05) is 0 Å². The molecule has 0 unspecified atom stereocenters. The maximum absolute atomic E-state index is 9.51. The fourth-order valence-corrected chi connectivity index (χ4v) is 1.44. The first-order chi connectivity index (χ1) is 8.00. The fourth-order valence-electron chi connectivity index (χ4n) is 1.44. The largest absolute Gasteiger partial charge is 0.389 e. The van der Waals surface area contributed by atoms with Gasteiger partial charge < -0.3 is 14.7 Å². The molecule has 0 aromatic carbocycles. The summed E-state index contributed by atoms with van der Waals surface area (Å²) < 4.78 is 5.49. The van der Waals surface area contributed by atoms with Crippen LogP contribution in [0.2, 0.25) is 0 Å². The highest BCUT2D eigenvalue weighted by Crippen LogP contribution is 2.16. The highest BCUT2D eigenvalue weighted by Gasteiger charge is 2.06. The summed E-state index contributed by atoms with van der Waals surface area (Å²) in [4.78, 5) is 6.30. The number of hydrogen-bond acceptors (Lipinski definition) is 4. The molecule has 1 heterocycles. The van der Waals surface area contributed by atoms with Gasteiger partial charge in [-0.05, 0) is 38.5 Å². The number of likely N-dealkylation sites (N-methyl/N-ethyl adjacent to an activating group) is 1. The number of pyridine rings is 1. The van der Waals surface area contributed by atoms with Gasteiger partial charge in [0.05, 0.1) is 18.8 Å². The standard InChI is InChI=1S/C13H22N2O2/c1-10(2)17-8-7-15(4)13-9-12(11(3)16)5-6-14-13/h5-6,9-11,16H,7-8H2,1-4H3/t11-/m0/s1. The Labute approximate surface area is 103 Å². The van der Waals surface area contributed by atoms with Gasteiger partial charge in [0.2, 0.25) is 0 Å². The number of aromatic nitrogens is 1. The molecule has 96 valence electrons. The molecule has 0 aliphatic rings. The van der Waals surface area contributed by atoms with E-state index in [2.05, 4.69) is 4.98 Å². The molecule has 1 N–H and O–H groups in total. The number of aliphatic hydroxyl groups excluding tert-OH is 1. The second kappa shape index (κ2) is 6.57. The van der Waals surface area contributed by atoms with E-state index in [-0.39, 0.29) is 6.10 Å². The average molecular weight is 238 g/mol. The third-order valence-corrected chi connectivity index (χ3v) is 2.52. The summed E-state index contributed by atoms with van der Waals surface area (Å²) in [5.41, 5.74) is 0.881. The van der Waals surface area contributed by atoms with Gasteiger partial charge in [0.15, 0.2) is 0 Å². The monoisotopic (exact) mass is 238 g/mol. The van der Waals surface area contributed by atoms with Crippen LogP contribution in [0.5, 0.6) is 0 Å². The number of nitrogens with zero attached hydrogens (tertiary/aromatic N) is 2. The van der Waals surface area contributed by atoms with Gasteiger partial charge in [-0.25, -0.2) is 4.98 Å². The van der Waals surface area contributed by atoms with Crippen molar-refractivity contribution in [1.82, 2.24) is 4.98 Å². The summed E-state index contributed by atoms with van der Waals surface area (Å²) in [6.45, 7) is 7.25. The Balaban J connectivity index is 2.56. The number of anilines is 1. The smallest absolute Gasteiger partial charge is 0.128 e. The molecule has 0 aliphatic carbocycles. The van der Waals surface area contributed by atoms with Gasteiger partial charge in [-0.3, -0.25) is 0 Å². The minimum absolute atomic E-state index is 0.250. The lowest BCUT2D eigenvalue weighted by Gasteiger charge is -2.19. The summed E-state index contributed by atoms with van der Waals surface area (Å²) in [6.07, 6.45) is 1.51. The van der Waals surface area contributed by atoms with Crippen molar-refractivity contribution in [2.24, 2.45) is 0 Å². The predicted octanol–water partition coefficient (Wildman–Crippen LogP) is 2.00. The van der Waals surface area contributed by atoms with Crippen LogP contribution in [0.4, 0.5) is 5.82 Å². The summed E-state index contributed by atoms with van der Waals surface area (Å²) in [6, 6.07) is 3.73. The number of rotatable bonds is 6. The molecule has 0 saturated heterocycles. The van der Waals surface area contributed by atoms with Crippen LogP contribution >= 0.6 is 0 Å². The van der Waals surface area contributed by atoms with Gasteiger partial charge >= 0.3 is 0 Å². The van der Waals surface area contributed by atoms with Crippen LogP contribution in [0.25, 0.3) is 0 Å². The maximum Gasteiger partial charge on any atom is 0.128 e. The topological polar surface area (TPSA) is 45.6 Å². The lowest BCUT2D eigenvalue weighted by molar-refractivity contribution is 0.0845. The van der Waals surface area contributed by atoms with Crippen LogP contribution in [0.1, 0.15) is 32.4 Å². The summed E-state index contributed by atoms with van der Waals surface area (Å²) >= 11 is 0. The van der Waals surface area contributed by atoms with Gasteiger partial charge in [0, 0.05) is 19.8 Å². The third kappa shape index (κ3) is 4.71. The van der Waals surface area contributed by atoms with Gasteiger partial charge in [-0.2, -0.15) is 0 Å². The molecule has 0 bridgehead atoms. The van der Waals surface area contributed by atoms with Crippen molar-refractivity contribution in [3.8, 4) is 0 Å². The molecule has 17 heavy (non-hydrogen) atoms. The van der Waals surface area contributed by atoms with Crippen molar-refractivity contribution in [2.75, 3.05) is 25.1 Å². The predicted molar refractivity (Wildman–Crippen MR) is 69.2 cm³/mol. The van der Waals surface area contributed by atoms with Crippen LogP contribution in [0.3, 0.4) is 0 Å². The first-order valence-electron chi connectivity index (χ1n) is 5.97.